The van der Waals surface area contributed by atoms with Crippen LogP contribution in [-0.2, 0) is 10.0 Å². The summed E-state index contributed by atoms with van der Waals surface area (Å²) < 4.78 is 27.4. The molecule has 3 N–H and O–H groups in total. The zero-order valence-corrected chi connectivity index (χ0v) is 12.2. The Kier molecular flexibility index (Phi) is 4.29. The van der Waals surface area contributed by atoms with Gasteiger partial charge in [0.1, 0.15) is 4.21 Å². The molecule has 0 aliphatic heterocycles. The van der Waals surface area contributed by atoms with Gasteiger partial charge in [-0.3, -0.25) is 0 Å². The minimum Gasteiger partial charge on any atom is -0.398 e. The highest BCUT2D eigenvalue weighted by molar-refractivity contribution is 7.91. The zero-order valence-electron chi connectivity index (χ0n) is 10.6. The number of hydrogen-bond acceptors (Lipinski definition) is 4. The predicted octanol–water partition coefficient (Wildman–Crippen LogP) is 2.58. The number of anilines is 1. The van der Waals surface area contributed by atoms with Gasteiger partial charge in [0.05, 0.1) is 0 Å². The van der Waals surface area contributed by atoms with Gasteiger partial charge in [0, 0.05) is 17.1 Å². The lowest BCUT2D eigenvalue weighted by molar-refractivity contribution is 0.485. The van der Waals surface area contributed by atoms with Crippen LogP contribution in [-0.4, -0.2) is 14.5 Å². The average molecular weight is 288 g/mol. The van der Waals surface area contributed by atoms with Gasteiger partial charge in [-0.25, -0.2) is 13.1 Å². The number of thiophene rings is 1. The van der Waals surface area contributed by atoms with Crippen molar-refractivity contribution in [3.8, 4) is 0 Å². The summed E-state index contributed by atoms with van der Waals surface area (Å²) in [6, 6.07) is 1.59. The van der Waals surface area contributed by atoms with Gasteiger partial charge in [-0.2, -0.15) is 0 Å². The van der Waals surface area contributed by atoms with Crippen molar-refractivity contribution in [1.29, 1.82) is 0 Å². The maximum absolute atomic E-state index is 12.2. The molecule has 1 aliphatic carbocycles. The first kappa shape index (κ1) is 13.8. The van der Waals surface area contributed by atoms with Gasteiger partial charge >= 0.3 is 0 Å². The second-order valence-electron chi connectivity index (χ2n) is 5.13. The highest BCUT2D eigenvalue weighted by Crippen LogP contribution is 2.26. The Bertz CT molecular complexity index is 496. The summed E-state index contributed by atoms with van der Waals surface area (Å²) in [4.78, 5) is 0. The van der Waals surface area contributed by atoms with Crippen molar-refractivity contribution >= 4 is 27.0 Å². The van der Waals surface area contributed by atoms with Crippen molar-refractivity contribution in [2.75, 3.05) is 5.73 Å². The van der Waals surface area contributed by atoms with E-state index < -0.39 is 10.0 Å². The molecule has 0 bridgehead atoms. The summed E-state index contributed by atoms with van der Waals surface area (Å²) in [5, 5.41) is 1.66. The van der Waals surface area contributed by atoms with E-state index in [4.69, 9.17) is 5.73 Å². The predicted molar refractivity (Wildman–Crippen MR) is 75.1 cm³/mol. The molecular weight excluding hydrogens is 268 g/mol. The van der Waals surface area contributed by atoms with Crippen LogP contribution in [0.5, 0.6) is 0 Å². The van der Waals surface area contributed by atoms with E-state index in [1.807, 2.05) is 0 Å². The maximum Gasteiger partial charge on any atom is 0.250 e. The molecule has 6 heteroatoms. The van der Waals surface area contributed by atoms with E-state index in [0.29, 0.717) is 15.8 Å². The molecule has 0 radical (unpaired) electrons. The fraction of sp³-hybridized carbons (Fsp3) is 0.667. The van der Waals surface area contributed by atoms with Gasteiger partial charge in [-0.15, -0.1) is 11.3 Å². The van der Waals surface area contributed by atoms with Crippen LogP contribution in [0.3, 0.4) is 0 Å². The Labute approximate surface area is 113 Å². The number of nitrogen functional groups attached to an aromatic ring is 1. The Morgan fingerprint density at radius 3 is 2.78 bits per heavy atom. The largest absolute Gasteiger partial charge is 0.398 e. The van der Waals surface area contributed by atoms with Crippen molar-refractivity contribution in [1.82, 2.24) is 4.72 Å². The van der Waals surface area contributed by atoms with E-state index in [0.717, 1.165) is 25.7 Å². The molecule has 0 saturated heterocycles. The van der Waals surface area contributed by atoms with E-state index in [9.17, 15) is 8.42 Å². The standard InChI is InChI=1S/C12H20N2O2S2/c1-9-3-2-4-11(6-5-9)14-18(15,16)12-7-10(13)8-17-12/h7-9,11,14H,2-6,13H2,1H3. The third-order valence-corrected chi connectivity index (χ3v) is 6.42. The number of sulfonamides is 1. The van der Waals surface area contributed by atoms with E-state index in [1.54, 1.807) is 5.38 Å². The maximum atomic E-state index is 12.2. The van der Waals surface area contributed by atoms with Crippen LogP contribution in [0, 0.1) is 5.92 Å². The zero-order chi connectivity index (χ0) is 13.2. The van der Waals surface area contributed by atoms with Gasteiger partial charge in [-0.1, -0.05) is 19.8 Å². The summed E-state index contributed by atoms with van der Waals surface area (Å²) in [5.74, 6) is 0.705. The molecule has 2 atom stereocenters. The van der Waals surface area contributed by atoms with Crippen molar-refractivity contribution in [2.24, 2.45) is 5.92 Å². The van der Waals surface area contributed by atoms with E-state index >= 15 is 0 Å². The lowest BCUT2D eigenvalue weighted by Gasteiger charge is -2.15. The van der Waals surface area contributed by atoms with Crippen LogP contribution in [0.4, 0.5) is 5.69 Å². The van der Waals surface area contributed by atoms with Crippen molar-refractivity contribution < 1.29 is 8.42 Å². The lowest BCUT2D eigenvalue weighted by atomic mass is 10.0. The monoisotopic (exact) mass is 288 g/mol. The third kappa shape index (κ3) is 3.46. The van der Waals surface area contributed by atoms with Crippen LogP contribution in [0.25, 0.3) is 0 Å². The first-order chi connectivity index (χ1) is 8.47. The molecule has 102 valence electrons. The normalized spacial score (nSPS) is 25.8. The molecule has 1 aromatic rings. The van der Waals surface area contributed by atoms with Crippen LogP contribution >= 0.6 is 11.3 Å². The molecule has 1 fully saturated rings. The molecule has 0 amide bonds. The Balaban J connectivity index is 2.04. The van der Waals surface area contributed by atoms with Crippen LogP contribution < -0.4 is 10.5 Å². The molecule has 1 heterocycles. The van der Waals surface area contributed by atoms with Gasteiger partial charge in [0.2, 0.25) is 10.0 Å². The molecule has 0 aromatic carbocycles. The van der Waals surface area contributed by atoms with Crippen LogP contribution in [0.2, 0.25) is 0 Å². The highest BCUT2D eigenvalue weighted by atomic mass is 32.2. The number of nitrogens with two attached hydrogens (primary N) is 1. The second-order valence-corrected chi connectivity index (χ2v) is 7.98. The van der Waals surface area contributed by atoms with Gasteiger partial charge in [0.25, 0.3) is 0 Å². The van der Waals surface area contributed by atoms with E-state index in [1.165, 1.54) is 23.8 Å². The summed E-state index contributed by atoms with van der Waals surface area (Å²) in [7, 11) is -3.38. The number of rotatable bonds is 3. The first-order valence-electron chi connectivity index (χ1n) is 6.34. The average Bonchev–Trinajstić information content (AvgIpc) is 2.63. The molecule has 2 rings (SSSR count). The quantitative estimate of drug-likeness (QED) is 0.840. The Morgan fingerprint density at radius 1 is 1.33 bits per heavy atom. The fourth-order valence-electron chi connectivity index (χ4n) is 2.35. The molecule has 2 unspecified atom stereocenters. The van der Waals surface area contributed by atoms with Gasteiger partial charge < -0.3 is 5.73 Å². The molecule has 1 saturated carbocycles. The summed E-state index contributed by atoms with van der Waals surface area (Å²) in [6.07, 6.45) is 5.26. The fourth-order valence-corrected chi connectivity index (χ4v) is 4.76. The van der Waals surface area contributed by atoms with Crippen LogP contribution in [0.1, 0.15) is 39.0 Å². The number of nitrogens with one attached hydrogen (secondary N) is 1. The summed E-state index contributed by atoms with van der Waals surface area (Å²) in [5.41, 5.74) is 6.08. The molecule has 1 aliphatic rings. The minimum absolute atomic E-state index is 0.0725. The van der Waals surface area contributed by atoms with Crippen molar-refractivity contribution in [3.05, 3.63) is 11.4 Å². The second kappa shape index (κ2) is 5.59. The highest BCUT2D eigenvalue weighted by Gasteiger charge is 2.23. The third-order valence-electron chi connectivity index (χ3n) is 3.44. The van der Waals surface area contributed by atoms with Gasteiger partial charge in [-0.05, 0) is 31.2 Å². The molecular formula is C12H20N2O2S2. The summed E-state index contributed by atoms with van der Waals surface area (Å²) >= 11 is 1.18. The topological polar surface area (TPSA) is 72.2 Å². The Hall–Kier alpha value is -0.590. The molecule has 1 aromatic heterocycles. The lowest BCUT2D eigenvalue weighted by Crippen LogP contribution is -2.34. The number of hydrogen-bond donors (Lipinski definition) is 2. The van der Waals surface area contributed by atoms with E-state index in [-0.39, 0.29) is 6.04 Å². The first-order valence-corrected chi connectivity index (χ1v) is 8.70. The SMILES string of the molecule is CC1CCCC(NS(=O)(=O)c2cc(N)cs2)CC1. The Morgan fingerprint density at radius 2 is 2.11 bits per heavy atom. The van der Waals surface area contributed by atoms with Crippen molar-refractivity contribution in [3.63, 3.8) is 0 Å². The van der Waals surface area contributed by atoms with Gasteiger partial charge in [0.15, 0.2) is 0 Å². The van der Waals surface area contributed by atoms with Crippen LogP contribution in [0.15, 0.2) is 15.7 Å². The van der Waals surface area contributed by atoms with Crippen molar-refractivity contribution in [2.45, 2.75) is 49.3 Å². The minimum atomic E-state index is -3.38. The van der Waals surface area contributed by atoms with E-state index in [2.05, 4.69) is 11.6 Å². The summed E-state index contributed by atoms with van der Waals surface area (Å²) in [6.45, 7) is 2.23. The molecule has 0 spiro atoms. The smallest absolute Gasteiger partial charge is 0.250 e. The molecule has 18 heavy (non-hydrogen) atoms. The molecule has 4 nitrogen and oxygen atoms in total.